The van der Waals surface area contributed by atoms with Crippen LogP contribution in [0.4, 0.5) is 13.2 Å². The number of hydrogen-bond acceptors (Lipinski definition) is 6. The first-order valence-electron chi connectivity index (χ1n) is 10.5. The summed E-state index contributed by atoms with van der Waals surface area (Å²) in [7, 11) is 3.94. The largest absolute Gasteiger partial charge is 0.492 e. The molecule has 0 bridgehead atoms. The summed E-state index contributed by atoms with van der Waals surface area (Å²) >= 11 is 0. The Balaban J connectivity index is 1.59. The predicted molar refractivity (Wildman–Crippen MR) is 116 cm³/mol. The maximum atomic E-state index is 12.9. The fourth-order valence-electron chi connectivity index (χ4n) is 3.31. The third kappa shape index (κ3) is 6.41. The highest BCUT2D eigenvalue weighted by atomic mass is 19.4. The minimum Gasteiger partial charge on any atom is -0.492 e. The van der Waals surface area contributed by atoms with Gasteiger partial charge in [-0.05, 0) is 57.6 Å². The highest BCUT2D eigenvalue weighted by molar-refractivity contribution is 5.76. The molecule has 0 aliphatic heterocycles. The molecular weight excluding hydrogens is 437 g/mol. The van der Waals surface area contributed by atoms with Gasteiger partial charge >= 0.3 is 6.18 Å². The number of nitrogens with zero attached hydrogens (tertiary/aromatic N) is 5. The molecule has 2 heterocycles. The van der Waals surface area contributed by atoms with Crippen LogP contribution in [0.5, 0.6) is 5.75 Å². The monoisotopic (exact) mass is 464 g/mol. The molecule has 8 nitrogen and oxygen atoms in total. The highest BCUT2D eigenvalue weighted by Crippen LogP contribution is 2.27. The topological polar surface area (TPSA) is 84.6 Å². The second-order valence-electron chi connectivity index (χ2n) is 7.98. The fourth-order valence-corrected chi connectivity index (χ4v) is 3.31. The molecule has 11 heteroatoms. The van der Waals surface area contributed by atoms with E-state index in [0.717, 1.165) is 22.4 Å². The number of benzene rings is 1. The van der Waals surface area contributed by atoms with Gasteiger partial charge in [-0.25, -0.2) is 9.50 Å². The number of carbonyl (C=O) groups excluding carboxylic acids is 1. The van der Waals surface area contributed by atoms with E-state index in [0.29, 0.717) is 36.5 Å². The van der Waals surface area contributed by atoms with Crippen LogP contribution in [-0.4, -0.2) is 57.6 Å². The molecule has 0 fully saturated rings. The first kappa shape index (κ1) is 24.4. The van der Waals surface area contributed by atoms with Gasteiger partial charge in [0.25, 0.3) is 11.6 Å². The maximum absolute atomic E-state index is 12.9. The number of aromatic nitrogens is 4. The standard InChI is InChI=1S/C22H27F3N6O2/c1-14-18(15(2)31-21(27-14)28-20(29-31)22(23,24)25)8-9-19(32)26-13-16-6-5-7-17(12-16)33-11-10-30(3)4/h5-7,12H,8-11,13H2,1-4H3,(H,26,32). The summed E-state index contributed by atoms with van der Waals surface area (Å²) in [6.07, 6.45) is -4.17. The summed E-state index contributed by atoms with van der Waals surface area (Å²) in [5.74, 6) is -0.791. The summed E-state index contributed by atoms with van der Waals surface area (Å²) in [4.78, 5) is 22.0. The Morgan fingerprint density at radius 2 is 1.97 bits per heavy atom. The van der Waals surface area contributed by atoms with E-state index >= 15 is 0 Å². The van der Waals surface area contributed by atoms with Crippen molar-refractivity contribution in [3.8, 4) is 5.75 Å². The molecular formula is C22H27F3N6O2. The average molecular weight is 464 g/mol. The van der Waals surface area contributed by atoms with E-state index in [-0.39, 0.29) is 18.1 Å². The lowest BCUT2D eigenvalue weighted by atomic mass is 10.1. The van der Waals surface area contributed by atoms with Gasteiger partial charge in [-0.15, -0.1) is 5.10 Å². The summed E-state index contributed by atoms with van der Waals surface area (Å²) in [5, 5.41) is 6.39. The first-order chi connectivity index (χ1) is 15.5. The number of likely N-dealkylation sites (N-methyl/N-ethyl adjacent to an activating group) is 1. The zero-order valence-electron chi connectivity index (χ0n) is 19.0. The van der Waals surface area contributed by atoms with E-state index in [2.05, 4.69) is 20.4 Å². The number of carbonyl (C=O) groups is 1. The molecule has 0 saturated carbocycles. The smallest absolute Gasteiger partial charge is 0.453 e. The van der Waals surface area contributed by atoms with Crippen molar-refractivity contribution in [1.29, 1.82) is 0 Å². The van der Waals surface area contributed by atoms with E-state index in [9.17, 15) is 18.0 Å². The number of halogens is 3. The van der Waals surface area contributed by atoms with Gasteiger partial charge in [0.15, 0.2) is 0 Å². The fraction of sp³-hybridized carbons (Fsp3) is 0.455. The minimum absolute atomic E-state index is 0.113. The Labute approximate surface area is 189 Å². The van der Waals surface area contributed by atoms with Crippen molar-refractivity contribution >= 4 is 11.7 Å². The maximum Gasteiger partial charge on any atom is 0.453 e. The van der Waals surface area contributed by atoms with Crippen LogP contribution in [-0.2, 0) is 23.9 Å². The van der Waals surface area contributed by atoms with Gasteiger partial charge in [0.05, 0.1) is 0 Å². The summed E-state index contributed by atoms with van der Waals surface area (Å²) in [6, 6.07) is 7.51. The van der Waals surface area contributed by atoms with Gasteiger partial charge in [-0.2, -0.15) is 18.2 Å². The lowest BCUT2D eigenvalue weighted by Gasteiger charge is -2.12. The summed E-state index contributed by atoms with van der Waals surface area (Å²) < 4.78 is 45.6. The summed E-state index contributed by atoms with van der Waals surface area (Å²) in [5.41, 5.74) is 2.59. The van der Waals surface area contributed by atoms with Crippen molar-refractivity contribution in [3.63, 3.8) is 0 Å². The minimum atomic E-state index is -4.65. The number of aryl methyl sites for hydroxylation is 2. The van der Waals surface area contributed by atoms with Crippen molar-refractivity contribution in [2.75, 3.05) is 27.2 Å². The van der Waals surface area contributed by atoms with Crippen molar-refractivity contribution in [2.45, 2.75) is 39.4 Å². The van der Waals surface area contributed by atoms with Crippen LogP contribution in [0.1, 0.15) is 34.8 Å². The molecule has 1 aromatic carbocycles. The molecule has 0 aliphatic rings. The molecule has 33 heavy (non-hydrogen) atoms. The Morgan fingerprint density at radius 1 is 1.21 bits per heavy atom. The number of fused-ring (bicyclic) bond motifs is 1. The van der Waals surface area contributed by atoms with Gasteiger partial charge in [-0.3, -0.25) is 4.79 Å². The van der Waals surface area contributed by atoms with Crippen LogP contribution in [0.3, 0.4) is 0 Å². The number of ether oxygens (including phenoxy) is 1. The lowest BCUT2D eigenvalue weighted by molar-refractivity contribution is -0.144. The quantitative estimate of drug-likeness (QED) is 0.524. The van der Waals surface area contributed by atoms with Gasteiger partial charge in [-0.1, -0.05) is 12.1 Å². The molecule has 3 aromatic rings. The zero-order valence-corrected chi connectivity index (χ0v) is 19.0. The number of amides is 1. The van der Waals surface area contributed by atoms with Crippen LogP contribution in [0.2, 0.25) is 0 Å². The molecule has 0 unspecified atom stereocenters. The molecule has 3 rings (SSSR count). The van der Waals surface area contributed by atoms with Gasteiger partial charge in [0.2, 0.25) is 5.91 Å². The van der Waals surface area contributed by atoms with Gasteiger partial charge < -0.3 is 15.0 Å². The van der Waals surface area contributed by atoms with Gasteiger partial charge in [0.1, 0.15) is 12.4 Å². The van der Waals surface area contributed by atoms with Crippen LogP contribution in [0.15, 0.2) is 24.3 Å². The van der Waals surface area contributed by atoms with Crippen LogP contribution in [0.25, 0.3) is 5.78 Å². The molecule has 0 radical (unpaired) electrons. The third-order valence-corrected chi connectivity index (χ3v) is 5.10. The van der Waals surface area contributed by atoms with Gasteiger partial charge in [0, 0.05) is 30.9 Å². The van der Waals surface area contributed by atoms with E-state index in [4.69, 9.17) is 4.74 Å². The SMILES string of the molecule is Cc1nc2nc(C(F)(F)F)nn2c(C)c1CCC(=O)NCc1cccc(OCCN(C)C)c1. The van der Waals surface area contributed by atoms with Crippen molar-refractivity contribution < 1.29 is 22.7 Å². The summed E-state index contributed by atoms with van der Waals surface area (Å²) in [6.45, 7) is 5.04. The lowest BCUT2D eigenvalue weighted by Crippen LogP contribution is -2.23. The van der Waals surface area contributed by atoms with E-state index in [1.54, 1.807) is 13.8 Å². The molecule has 1 amide bonds. The van der Waals surface area contributed by atoms with Crippen molar-refractivity contribution in [3.05, 3.63) is 52.6 Å². The Kier molecular flexibility index (Phi) is 7.52. The molecule has 178 valence electrons. The second kappa shape index (κ2) is 10.2. The normalized spacial score (nSPS) is 11.9. The Hall–Kier alpha value is -3.21. The van der Waals surface area contributed by atoms with Crippen LogP contribution < -0.4 is 10.1 Å². The molecule has 0 aliphatic carbocycles. The Morgan fingerprint density at radius 3 is 2.67 bits per heavy atom. The van der Waals surface area contributed by atoms with Crippen LogP contribution >= 0.6 is 0 Å². The molecule has 0 saturated heterocycles. The van der Waals surface area contributed by atoms with Crippen LogP contribution in [0, 0.1) is 13.8 Å². The van der Waals surface area contributed by atoms with Crippen molar-refractivity contribution in [2.24, 2.45) is 0 Å². The van der Waals surface area contributed by atoms with E-state index < -0.39 is 12.0 Å². The predicted octanol–water partition coefficient (Wildman–Crippen LogP) is 2.95. The number of nitrogens with one attached hydrogen (secondary N) is 1. The first-order valence-corrected chi connectivity index (χ1v) is 10.5. The molecule has 1 N–H and O–H groups in total. The molecule has 0 spiro atoms. The number of rotatable bonds is 9. The van der Waals surface area contributed by atoms with E-state index in [1.807, 2.05) is 43.3 Å². The van der Waals surface area contributed by atoms with E-state index in [1.165, 1.54) is 0 Å². The average Bonchev–Trinajstić information content (AvgIpc) is 3.17. The Bertz CT molecular complexity index is 1130. The molecule has 2 aromatic heterocycles. The zero-order chi connectivity index (χ0) is 24.2. The van der Waals surface area contributed by atoms with Crippen molar-refractivity contribution in [1.82, 2.24) is 29.8 Å². The highest BCUT2D eigenvalue weighted by Gasteiger charge is 2.36. The number of alkyl halides is 3. The number of hydrogen-bond donors (Lipinski definition) is 1. The third-order valence-electron chi connectivity index (χ3n) is 5.10. The second-order valence-corrected chi connectivity index (χ2v) is 7.98. The molecule has 0 atom stereocenters.